The molecule has 25 heavy (non-hydrogen) atoms. The second-order valence-corrected chi connectivity index (χ2v) is 6.85. The Labute approximate surface area is 147 Å². The number of hydrogen-bond donors (Lipinski definition) is 0. The van der Waals surface area contributed by atoms with Crippen molar-refractivity contribution >= 4 is 11.6 Å². The summed E-state index contributed by atoms with van der Waals surface area (Å²) in [7, 11) is 0. The Morgan fingerprint density at radius 3 is 2.96 bits per heavy atom. The van der Waals surface area contributed by atoms with E-state index in [1.165, 1.54) is 0 Å². The maximum atomic E-state index is 12.8. The molecule has 130 valence electrons. The van der Waals surface area contributed by atoms with E-state index in [2.05, 4.69) is 14.5 Å². The number of pyridine rings is 1. The Hall–Kier alpha value is -2.63. The first-order chi connectivity index (χ1) is 12.1. The highest BCUT2D eigenvalue weighted by Gasteiger charge is 2.25. The molecule has 0 N–H and O–H groups in total. The van der Waals surface area contributed by atoms with Crippen LogP contribution in [0.4, 0.5) is 0 Å². The van der Waals surface area contributed by atoms with Crippen LogP contribution in [0.5, 0.6) is 0 Å². The molecule has 1 aliphatic heterocycles. The van der Waals surface area contributed by atoms with Gasteiger partial charge in [0.2, 0.25) is 5.91 Å². The summed E-state index contributed by atoms with van der Waals surface area (Å²) in [4.78, 5) is 23.7. The van der Waals surface area contributed by atoms with Crippen molar-refractivity contribution in [3.05, 3.63) is 54.0 Å². The lowest BCUT2D eigenvalue weighted by Crippen LogP contribution is -2.41. The molecule has 1 aliphatic rings. The van der Waals surface area contributed by atoms with Crippen LogP contribution in [0.15, 0.2) is 36.9 Å². The van der Waals surface area contributed by atoms with Gasteiger partial charge in [0.1, 0.15) is 11.5 Å². The number of likely N-dealkylation sites (tertiary alicyclic amines) is 1. The average Bonchev–Trinajstić information content (AvgIpc) is 3.21. The van der Waals surface area contributed by atoms with Crippen molar-refractivity contribution in [2.45, 2.75) is 39.2 Å². The van der Waals surface area contributed by atoms with Gasteiger partial charge in [0, 0.05) is 37.9 Å². The molecule has 3 aromatic heterocycles. The summed E-state index contributed by atoms with van der Waals surface area (Å²) < 4.78 is 4.18. The van der Waals surface area contributed by atoms with E-state index < -0.39 is 0 Å². The zero-order chi connectivity index (χ0) is 17.4. The standard InChI is InChI=1S/C19H23N5O/c1-14-5-3-9-23-12-16(21-19(14)23)11-18(25)22-8-4-6-17(13-22)24-10-7-20-15(24)2/h3,5,7,9-10,12,17H,4,6,8,11,13H2,1-2H3. The molecule has 0 saturated carbocycles. The number of fused-ring (bicyclic) bond motifs is 1. The number of carbonyl (C=O) groups is 1. The van der Waals surface area contributed by atoms with E-state index in [0.717, 1.165) is 48.7 Å². The fourth-order valence-corrected chi connectivity index (χ4v) is 3.74. The van der Waals surface area contributed by atoms with Crippen LogP contribution < -0.4 is 0 Å². The van der Waals surface area contributed by atoms with E-state index in [-0.39, 0.29) is 5.91 Å². The lowest BCUT2D eigenvalue weighted by molar-refractivity contribution is -0.132. The third kappa shape index (κ3) is 3.04. The van der Waals surface area contributed by atoms with Gasteiger partial charge in [-0.1, -0.05) is 6.07 Å². The monoisotopic (exact) mass is 337 g/mol. The lowest BCUT2D eigenvalue weighted by atomic mass is 10.0. The summed E-state index contributed by atoms with van der Waals surface area (Å²) in [6.45, 7) is 5.63. The highest BCUT2D eigenvalue weighted by atomic mass is 16.2. The molecule has 6 nitrogen and oxygen atoms in total. The van der Waals surface area contributed by atoms with Crippen molar-refractivity contribution < 1.29 is 4.79 Å². The minimum atomic E-state index is 0.156. The molecule has 1 amide bonds. The molecule has 3 aromatic rings. The maximum Gasteiger partial charge on any atom is 0.228 e. The summed E-state index contributed by atoms with van der Waals surface area (Å²) in [5.74, 6) is 1.17. The number of amides is 1. The van der Waals surface area contributed by atoms with Crippen LogP contribution in [0.3, 0.4) is 0 Å². The van der Waals surface area contributed by atoms with Gasteiger partial charge >= 0.3 is 0 Å². The second kappa shape index (κ2) is 6.35. The normalized spacial score (nSPS) is 18.0. The Morgan fingerprint density at radius 2 is 2.20 bits per heavy atom. The first-order valence-corrected chi connectivity index (χ1v) is 8.82. The molecule has 0 aromatic carbocycles. The third-order valence-corrected chi connectivity index (χ3v) is 5.07. The van der Waals surface area contributed by atoms with Crippen molar-refractivity contribution in [2.75, 3.05) is 13.1 Å². The summed E-state index contributed by atoms with van der Waals surface area (Å²) in [6.07, 6.45) is 10.3. The van der Waals surface area contributed by atoms with E-state index in [1.54, 1.807) is 0 Å². The first-order valence-electron chi connectivity index (χ1n) is 8.82. The SMILES string of the molecule is Cc1cccn2cc(CC(=O)N3CCCC(n4ccnc4C)C3)nc12. The summed E-state index contributed by atoms with van der Waals surface area (Å²) >= 11 is 0. The summed E-state index contributed by atoms with van der Waals surface area (Å²) in [5.41, 5.74) is 2.88. The Balaban J connectivity index is 1.48. The van der Waals surface area contributed by atoms with Crippen LogP contribution in [-0.2, 0) is 11.2 Å². The summed E-state index contributed by atoms with van der Waals surface area (Å²) in [5, 5.41) is 0. The minimum absolute atomic E-state index is 0.156. The molecule has 6 heteroatoms. The Morgan fingerprint density at radius 1 is 1.32 bits per heavy atom. The van der Waals surface area contributed by atoms with Gasteiger partial charge in [0.15, 0.2) is 0 Å². The highest BCUT2D eigenvalue weighted by Crippen LogP contribution is 2.23. The Bertz CT molecular complexity index is 910. The number of rotatable bonds is 3. The quantitative estimate of drug-likeness (QED) is 0.738. The van der Waals surface area contributed by atoms with Gasteiger partial charge in [-0.2, -0.15) is 0 Å². The molecule has 1 fully saturated rings. The Kier molecular flexibility index (Phi) is 4.03. The van der Waals surface area contributed by atoms with Gasteiger partial charge in [0.05, 0.1) is 18.2 Å². The number of hydrogen-bond acceptors (Lipinski definition) is 3. The molecule has 0 spiro atoms. The molecule has 1 unspecified atom stereocenters. The molecule has 1 saturated heterocycles. The van der Waals surface area contributed by atoms with E-state index in [4.69, 9.17) is 0 Å². The van der Waals surface area contributed by atoms with Crippen LogP contribution in [0.2, 0.25) is 0 Å². The largest absolute Gasteiger partial charge is 0.340 e. The molecule has 4 heterocycles. The molecular weight excluding hydrogens is 314 g/mol. The predicted octanol–water partition coefficient (Wildman–Crippen LogP) is 2.55. The third-order valence-electron chi connectivity index (χ3n) is 5.07. The highest BCUT2D eigenvalue weighted by molar-refractivity contribution is 5.78. The molecule has 0 aliphatic carbocycles. The minimum Gasteiger partial charge on any atom is -0.340 e. The van der Waals surface area contributed by atoms with E-state index in [1.807, 2.05) is 60.1 Å². The van der Waals surface area contributed by atoms with E-state index in [0.29, 0.717) is 12.5 Å². The molecule has 4 rings (SSSR count). The number of nitrogens with zero attached hydrogens (tertiary/aromatic N) is 5. The molecular formula is C19H23N5O. The number of imidazole rings is 2. The van der Waals surface area contributed by atoms with Crippen LogP contribution in [0.1, 0.15) is 36.0 Å². The first kappa shape index (κ1) is 15.9. The van der Waals surface area contributed by atoms with Crippen LogP contribution >= 0.6 is 0 Å². The van der Waals surface area contributed by atoms with Gasteiger partial charge in [-0.05, 0) is 38.3 Å². The molecule has 0 radical (unpaired) electrons. The van der Waals surface area contributed by atoms with Gasteiger partial charge < -0.3 is 13.9 Å². The van der Waals surface area contributed by atoms with Gasteiger partial charge in [0.25, 0.3) is 0 Å². The smallest absolute Gasteiger partial charge is 0.228 e. The van der Waals surface area contributed by atoms with Gasteiger partial charge in [-0.25, -0.2) is 9.97 Å². The van der Waals surface area contributed by atoms with Crippen molar-refractivity contribution in [3.8, 4) is 0 Å². The van der Waals surface area contributed by atoms with Crippen molar-refractivity contribution in [3.63, 3.8) is 0 Å². The van der Waals surface area contributed by atoms with Crippen LogP contribution in [-0.4, -0.2) is 42.8 Å². The average molecular weight is 337 g/mol. The van der Waals surface area contributed by atoms with Gasteiger partial charge in [-0.15, -0.1) is 0 Å². The zero-order valence-corrected chi connectivity index (χ0v) is 14.7. The maximum absolute atomic E-state index is 12.8. The summed E-state index contributed by atoms with van der Waals surface area (Å²) in [6, 6.07) is 4.36. The zero-order valence-electron chi connectivity index (χ0n) is 14.7. The fraction of sp³-hybridized carbons (Fsp3) is 0.421. The van der Waals surface area contributed by atoms with Crippen molar-refractivity contribution in [2.24, 2.45) is 0 Å². The van der Waals surface area contributed by atoms with Crippen LogP contribution in [0, 0.1) is 13.8 Å². The number of aromatic nitrogens is 4. The topological polar surface area (TPSA) is 55.4 Å². The number of carbonyl (C=O) groups excluding carboxylic acids is 1. The second-order valence-electron chi connectivity index (χ2n) is 6.85. The van der Waals surface area contributed by atoms with Crippen molar-refractivity contribution in [1.29, 1.82) is 0 Å². The predicted molar refractivity (Wildman–Crippen MR) is 95.4 cm³/mol. The lowest BCUT2D eigenvalue weighted by Gasteiger charge is -2.34. The van der Waals surface area contributed by atoms with Crippen molar-refractivity contribution in [1.82, 2.24) is 23.8 Å². The van der Waals surface area contributed by atoms with Gasteiger partial charge in [-0.3, -0.25) is 4.79 Å². The number of aryl methyl sites for hydroxylation is 2. The van der Waals surface area contributed by atoms with Crippen LogP contribution in [0.25, 0.3) is 5.65 Å². The number of piperidine rings is 1. The van der Waals surface area contributed by atoms with E-state index in [9.17, 15) is 4.79 Å². The fourth-order valence-electron chi connectivity index (χ4n) is 3.74. The van der Waals surface area contributed by atoms with E-state index >= 15 is 0 Å². The molecule has 0 bridgehead atoms. The molecule has 1 atom stereocenters.